The van der Waals surface area contributed by atoms with E-state index in [1.165, 1.54) is 68.5 Å². The van der Waals surface area contributed by atoms with Gasteiger partial charge in [-0.15, -0.1) is 0 Å². The Hall–Kier alpha value is -1.88. The predicted octanol–water partition coefficient (Wildman–Crippen LogP) is 5.44. The van der Waals surface area contributed by atoms with Crippen LogP contribution in [0.4, 0.5) is 0 Å². The van der Waals surface area contributed by atoms with Gasteiger partial charge in [0.25, 0.3) is 0 Å². The van der Waals surface area contributed by atoms with Gasteiger partial charge in [0.1, 0.15) is 17.5 Å². The van der Waals surface area contributed by atoms with Gasteiger partial charge in [-0.1, -0.05) is 42.5 Å². The highest BCUT2D eigenvalue weighted by atomic mass is 16.6. The number of likely N-dealkylation sites (tertiary alicyclic amines) is 1. The summed E-state index contributed by atoms with van der Waals surface area (Å²) in [7, 11) is 1.95. The second-order valence-corrected chi connectivity index (χ2v) is 12.8. The van der Waals surface area contributed by atoms with E-state index in [9.17, 15) is 0 Å². The molecule has 2 aromatic rings. The Morgan fingerprint density at radius 2 is 1.92 bits per heavy atom. The maximum atomic E-state index is 7.16. The molecule has 4 nitrogen and oxygen atoms in total. The topological polar surface area (TPSA) is 30.9 Å². The normalized spacial score (nSPS) is 39.7. The summed E-state index contributed by atoms with van der Waals surface area (Å²) in [4.78, 5) is 2.92. The zero-order valence-corrected chi connectivity index (χ0v) is 21.8. The molecule has 36 heavy (non-hydrogen) atoms. The van der Waals surface area contributed by atoms with E-state index >= 15 is 0 Å². The minimum absolute atomic E-state index is 0.0941. The Morgan fingerprint density at radius 1 is 1.06 bits per heavy atom. The van der Waals surface area contributed by atoms with E-state index in [0.29, 0.717) is 18.6 Å². The summed E-state index contributed by atoms with van der Waals surface area (Å²) in [5.74, 6) is 2.49. The molecule has 4 bridgehead atoms. The molecule has 2 aliphatic heterocycles. The first kappa shape index (κ1) is 22.1. The van der Waals surface area contributed by atoms with E-state index in [4.69, 9.17) is 14.2 Å². The lowest BCUT2D eigenvalue weighted by molar-refractivity contribution is -0.283. The van der Waals surface area contributed by atoms with Crippen LogP contribution in [0.1, 0.15) is 60.8 Å². The Morgan fingerprint density at radius 3 is 2.72 bits per heavy atom. The largest absolute Gasteiger partial charge is 0.486 e. The number of piperidine rings is 1. The highest BCUT2D eigenvalue weighted by Gasteiger charge is 2.80. The molecule has 4 heteroatoms. The molecule has 7 aliphatic rings. The standard InChI is InChI=1S/C32H39NO3/c1-21-8-11-24-16-26-30-12-13-32(34-2,25(17-30)20-35-19-23-6-4-3-5-7-23)29-31(30,27(24)28(21)36-29)14-15-33(26)18-22-9-10-22/h3-8,11,22,25-26,29H,9-10,12-20H2,1-2H3/t25-,26+,29+,30+,31-,32+/m0/s1. The number of nitrogens with zero attached hydrogens (tertiary/aromatic N) is 1. The van der Waals surface area contributed by atoms with Crippen molar-refractivity contribution >= 4 is 0 Å². The van der Waals surface area contributed by atoms with Crippen LogP contribution < -0.4 is 4.74 Å². The molecule has 0 aromatic heterocycles. The molecule has 0 unspecified atom stereocenters. The van der Waals surface area contributed by atoms with Crippen molar-refractivity contribution in [3.8, 4) is 5.75 Å². The summed E-state index contributed by atoms with van der Waals surface area (Å²) in [6.45, 7) is 6.17. The first-order chi connectivity index (χ1) is 17.6. The molecule has 9 rings (SSSR count). The molecule has 4 saturated carbocycles. The van der Waals surface area contributed by atoms with Crippen LogP contribution in [0.15, 0.2) is 42.5 Å². The van der Waals surface area contributed by atoms with Crippen LogP contribution >= 0.6 is 0 Å². The van der Waals surface area contributed by atoms with E-state index in [1.54, 1.807) is 11.1 Å². The predicted molar refractivity (Wildman–Crippen MR) is 139 cm³/mol. The molecule has 6 atom stereocenters. The molecule has 190 valence electrons. The first-order valence-corrected chi connectivity index (χ1v) is 14.3. The fourth-order valence-corrected chi connectivity index (χ4v) is 9.79. The molecular weight excluding hydrogens is 446 g/mol. The van der Waals surface area contributed by atoms with Crippen molar-refractivity contribution in [2.24, 2.45) is 17.3 Å². The lowest BCUT2D eigenvalue weighted by Crippen LogP contribution is -2.81. The third-order valence-corrected chi connectivity index (χ3v) is 11.5. The van der Waals surface area contributed by atoms with Crippen LogP contribution in [0, 0.1) is 24.2 Å². The summed E-state index contributed by atoms with van der Waals surface area (Å²) < 4.78 is 20.3. The maximum Gasteiger partial charge on any atom is 0.138 e. The third-order valence-electron chi connectivity index (χ3n) is 11.5. The second kappa shape index (κ2) is 7.58. The van der Waals surface area contributed by atoms with E-state index in [-0.39, 0.29) is 22.5 Å². The minimum Gasteiger partial charge on any atom is -0.486 e. The number of hydrogen-bond acceptors (Lipinski definition) is 4. The van der Waals surface area contributed by atoms with Gasteiger partial charge in [-0.25, -0.2) is 0 Å². The van der Waals surface area contributed by atoms with Gasteiger partial charge >= 0.3 is 0 Å². The van der Waals surface area contributed by atoms with E-state index in [0.717, 1.165) is 18.9 Å². The average Bonchev–Trinajstić information content (AvgIpc) is 3.64. The maximum absolute atomic E-state index is 7.16. The average molecular weight is 486 g/mol. The van der Waals surface area contributed by atoms with E-state index < -0.39 is 0 Å². The van der Waals surface area contributed by atoms with Crippen LogP contribution in [-0.4, -0.2) is 49.5 Å². The Labute approximate surface area is 215 Å². The lowest BCUT2D eigenvalue weighted by Gasteiger charge is -2.74. The van der Waals surface area contributed by atoms with E-state index in [1.807, 2.05) is 7.11 Å². The number of aryl methyl sites for hydroxylation is 1. The van der Waals surface area contributed by atoms with Crippen LogP contribution in [-0.2, 0) is 27.9 Å². The van der Waals surface area contributed by atoms with Gasteiger partial charge in [-0.2, -0.15) is 0 Å². The lowest BCUT2D eigenvalue weighted by atomic mass is 9.35. The number of ether oxygens (including phenoxy) is 3. The van der Waals surface area contributed by atoms with Gasteiger partial charge in [0.05, 0.1) is 13.2 Å². The summed E-state index contributed by atoms with van der Waals surface area (Å²) in [6, 6.07) is 16.0. The highest BCUT2D eigenvalue weighted by molar-refractivity contribution is 5.61. The zero-order chi connectivity index (χ0) is 24.1. The summed E-state index contributed by atoms with van der Waals surface area (Å²) in [5, 5.41) is 0. The second-order valence-electron chi connectivity index (χ2n) is 12.8. The smallest absolute Gasteiger partial charge is 0.138 e. The minimum atomic E-state index is -0.276. The Balaban J connectivity index is 1.22. The molecule has 0 radical (unpaired) electrons. The van der Waals surface area contributed by atoms with Crippen LogP contribution in [0.2, 0.25) is 0 Å². The fourth-order valence-electron chi connectivity index (χ4n) is 9.79. The zero-order valence-electron chi connectivity index (χ0n) is 21.8. The van der Waals surface area contributed by atoms with Gasteiger partial charge in [-0.3, -0.25) is 4.90 Å². The van der Waals surface area contributed by atoms with Crippen molar-refractivity contribution in [1.29, 1.82) is 0 Å². The summed E-state index contributed by atoms with van der Waals surface area (Å²) in [5.41, 5.74) is 5.77. The number of hydrogen-bond donors (Lipinski definition) is 0. The molecule has 2 spiro atoms. The number of methoxy groups -OCH3 is 1. The number of benzene rings is 2. The van der Waals surface area contributed by atoms with Crippen molar-refractivity contribution in [3.05, 3.63) is 64.7 Å². The third kappa shape index (κ3) is 2.66. The Bertz CT molecular complexity index is 1190. The first-order valence-electron chi connectivity index (χ1n) is 14.3. The molecule has 1 saturated heterocycles. The quantitative estimate of drug-likeness (QED) is 0.523. The monoisotopic (exact) mass is 485 g/mol. The molecule has 5 aliphatic carbocycles. The van der Waals surface area contributed by atoms with Crippen molar-refractivity contribution in [3.63, 3.8) is 0 Å². The van der Waals surface area contributed by atoms with Gasteiger partial charge in [0.15, 0.2) is 0 Å². The van der Waals surface area contributed by atoms with Gasteiger partial charge in [0, 0.05) is 42.0 Å². The van der Waals surface area contributed by atoms with Gasteiger partial charge in [-0.05, 0) is 81.0 Å². The Kier molecular flexibility index (Phi) is 4.66. The fraction of sp³-hybridized carbons (Fsp3) is 0.625. The van der Waals surface area contributed by atoms with Crippen LogP contribution in [0.25, 0.3) is 0 Å². The molecule has 0 N–H and O–H groups in total. The van der Waals surface area contributed by atoms with Crippen molar-refractivity contribution in [2.45, 2.75) is 81.6 Å². The van der Waals surface area contributed by atoms with E-state index in [2.05, 4.69) is 54.3 Å². The molecular formula is C32H39NO3. The van der Waals surface area contributed by atoms with Crippen molar-refractivity contribution in [1.82, 2.24) is 4.90 Å². The van der Waals surface area contributed by atoms with Crippen molar-refractivity contribution < 1.29 is 14.2 Å². The van der Waals surface area contributed by atoms with Gasteiger partial charge < -0.3 is 14.2 Å². The SMILES string of the molecule is CO[C@]12CC[C@@]3(C[C@H]1COCc1ccccc1)[C@H]1Cc4ccc(C)c5c4[C@@]3(CCN1CC1CC1)[C@H]2O5. The van der Waals surface area contributed by atoms with Crippen LogP contribution in [0.5, 0.6) is 5.75 Å². The molecule has 5 fully saturated rings. The molecule has 2 aromatic carbocycles. The van der Waals surface area contributed by atoms with Crippen molar-refractivity contribution in [2.75, 3.05) is 26.8 Å². The summed E-state index contributed by atoms with van der Waals surface area (Å²) in [6.07, 6.45) is 8.90. The molecule has 0 amide bonds. The molecule has 2 heterocycles. The number of rotatable bonds is 7. The number of fused-ring (bicyclic) bond motifs is 2. The van der Waals surface area contributed by atoms with Gasteiger partial charge in [0.2, 0.25) is 0 Å². The summed E-state index contributed by atoms with van der Waals surface area (Å²) >= 11 is 0. The highest BCUT2D eigenvalue weighted by Crippen LogP contribution is 2.76. The van der Waals surface area contributed by atoms with Crippen LogP contribution in [0.3, 0.4) is 0 Å².